The van der Waals surface area contributed by atoms with Gasteiger partial charge in [0.05, 0.1) is 5.69 Å². The number of carboxylic acid groups (broad SMARTS) is 1. The molecule has 2 N–H and O–H groups in total. The Morgan fingerprint density at radius 1 is 1.33 bits per heavy atom. The number of H-pyrrole nitrogens is 1. The van der Waals surface area contributed by atoms with Crippen LogP contribution in [0.3, 0.4) is 0 Å². The highest BCUT2D eigenvalue weighted by molar-refractivity contribution is 5.97. The molecule has 0 aliphatic heterocycles. The van der Waals surface area contributed by atoms with E-state index in [-0.39, 0.29) is 18.2 Å². The van der Waals surface area contributed by atoms with Crippen LogP contribution in [0, 0.1) is 13.8 Å². The smallest absolute Gasteiger partial charge is 0.323 e. The van der Waals surface area contributed by atoms with E-state index in [0.29, 0.717) is 11.3 Å². The molecule has 1 saturated carbocycles. The van der Waals surface area contributed by atoms with Crippen molar-refractivity contribution in [1.82, 2.24) is 15.1 Å². The summed E-state index contributed by atoms with van der Waals surface area (Å²) in [4.78, 5) is 37.0. The molecule has 0 aromatic carbocycles. The highest BCUT2D eigenvalue weighted by Crippen LogP contribution is 2.25. The van der Waals surface area contributed by atoms with Crippen molar-refractivity contribution in [2.24, 2.45) is 0 Å². The van der Waals surface area contributed by atoms with Gasteiger partial charge in [0.2, 0.25) is 0 Å². The van der Waals surface area contributed by atoms with Crippen LogP contribution in [0.5, 0.6) is 0 Å². The number of amides is 1. The second-order valence-corrected chi connectivity index (χ2v) is 5.40. The number of aromatic amines is 1. The molecule has 0 bridgehead atoms. The van der Waals surface area contributed by atoms with E-state index in [1.807, 2.05) is 0 Å². The van der Waals surface area contributed by atoms with Gasteiger partial charge in [-0.1, -0.05) is 12.8 Å². The lowest BCUT2D eigenvalue weighted by Gasteiger charge is -2.27. The van der Waals surface area contributed by atoms with E-state index in [9.17, 15) is 14.4 Å². The quantitative estimate of drug-likeness (QED) is 0.856. The van der Waals surface area contributed by atoms with Gasteiger partial charge in [0.1, 0.15) is 12.1 Å². The number of rotatable bonds is 4. The summed E-state index contributed by atoms with van der Waals surface area (Å²) >= 11 is 0. The molecule has 0 saturated heterocycles. The zero-order valence-corrected chi connectivity index (χ0v) is 12.2. The Balaban J connectivity index is 2.40. The maximum atomic E-state index is 12.7. The van der Waals surface area contributed by atoms with E-state index in [4.69, 9.17) is 5.11 Å². The summed E-state index contributed by atoms with van der Waals surface area (Å²) in [6, 6.07) is -0.110. The van der Waals surface area contributed by atoms with Crippen molar-refractivity contribution in [3.8, 4) is 0 Å². The predicted octanol–water partition coefficient (Wildman–Crippen LogP) is 0.856. The monoisotopic (exact) mass is 293 g/mol. The van der Waals surface area contributed by atoms with E-state index in [1.54, 1.807) is 13.8 Å². The third-order valence-corrected chi connectivity index (χ3v) is 4.02. The fourth-order valence-corrected chi connectivity index (χ4v) is 2.76. The van der Waals surface area contributed by atoms with Gasteiger partial charge in [-0.15, -0.1) is 0 Å². The summed E-state index contributed by atoms with van der Waals surface area (Å²) < 4.78 is 0. The lowest BCUT2D eigenvalue weighted by Crippen LogP contribution is -2.44. The molecule has 1 fully saturated rings. The van der Waals surface area contributed by atoms with Crippen LogP contribution in [0.1, 0.15) is 47.3 Å². The van der Waals surface area contributed by atoms with Crippen molar-refractivity contribution < 1.29 is 14.7 Å². The molecule has 1 aliphatic rings. The molecule has 114 valence electrons. The van der Waals surface area contributed by atoms with Crippen LogP contribution in [-0.2, 0) is 4.79 Å². The van der Waals surface area contributed by atoms with Crippen molar-refractivity contribution in [2.75, 3.05) is 6.54 Å². The minimum Gasteiger partial charge on any atom is -0.480 e. The first-order valence-corrected chi connectivity index (χ1v) is 7.00. The molecule has 2 rings (SSSR count). The molecule has 1 aromatic heterocycles. The lowest BCUT2D eigenvalue weighted by molar-refractivity contribution is -0.138. The highest BCUT2D eigenvalue weighted by Gasteiger charge is 2.31. The van der Waals surface area contributed by atoms with Gasteiger partial charge in [-0.05, 0) is 32.3 Å². The molecule has 0 atom stereocenters. The topological polar surface area (TPSA) is 103 Å². The standard InChI is InChI=1S/C14H19N3O4/c1-8-9(2)15-16-13(20)12(8)14(21)17(7-11(18)19)10-5-3-4-6-10/h10H,3-7H2,1-2H3,(H,16,20)(H,18,19). The van der Waals surface area contributed by atoms with Crippen LogP contribution >= 0.6 is 0 Å². The Bertz CT molecular complexity index is 617. The van der Waals surface area contributed by atoms with Crippen molar-refractivity contribution in [3.63, 3.8) is 0 Å². The van der Waals surface area contributed by atoms with Gasteiger partial charge in [-0.25, -0.2) is 5.10 Å². The van der Waals surface area contributed by atoms with Gasteiger partial charge in [0.25, 0.3) is 11.5 Å². The number of aliphatic carboxylic acids is 1. The number of carboxylic acids is 1. The van der Waals surface area contributed by atoms with Gasteiger partial charge in [-0.3, -0.25) is 14.4 Å². The van der Waals surface area contributed by atoms with E-state index in [0.717, 1.165) is 25.7 Å². The minimum atomic E-state index is -1.07. The van der Waals surface area contributed by atoms with Crippen molar-refractivity contribution in [2.45, 2.75) is 45.6 Å². The number of hydrogen-bond donors (Lipinski definition) is 2. The molecule has 1 amide bonds. The van der Waals surface area contributed by atoms with Crippen molar-refractivity contribution >= 4 is 11.9 Å². The molecule has 7 nitrogen and oxygen atoms in total. The molecule has 0 spiro atoms. The predicted molar refractivity (Wildman–Crippen MR) is 75.3 cm³/mol. The molecular weight excluding hydrogens is 274 g/mol. The third kappa shape index (κ3) is 3.12. The van der Waals surface area contributed by atoms with E-state index in [1.165, 1.54) is 4.90 Å². The lowest BCUT2D eigenvalue weighted by atomic mass is 10.1. The van der Waals surface area contributed by atoms with Crippen molar-refractivity contribution in [3.05, 3.63) is 27.2 Å². The Labute approximate surface area is 122 Å². The van der Waals surface area contributed by atoms with Gasteiger partial charge in [0, 0.05) is 6.04 Å². The summed E-state index contributed by atoms with van der Waals surface area (Å²) in [5.41, 5.74) is 0.476. The average molecular weight is 293 g/mol. The van der Waals surface area contributed by atoms with Gasteiger partial charge < -0.3 is 10.0 Å². The number of nitrogens with zero attached hydrogens (tertiary/aromatic N) is 2. The summed E-state index contributed by atoms with van der Waals surface area (Å²) in [5, 5.41) is 15.1. The molecule has 1 heterocycles. The van der Waals surface area contributed by atoms with Gasteiger partial charge in [0.15, 0.2) is 0 Å². The zero-order valence-electron chi connectivity index (χ0n) is 12.2. The molecule has 1 aliphatic carbocycles. The summed E-state index contributed by atoms with van der Waals surface area (Å²) in [5.74, 6) is -1.59. The van der Waals surface area contributed by atoms with Gasteiger partial charge in [-0.2, -0.15) is 5.10 Å². The van der Waals surface area contributed by atoms with Crippen LogP contribution in [-0.4, -0.2) is 44.7 Å². The number of aryl methyl sites for hydroxylation is 1. The Morgan fingerprint density at radius 2 is 1.95 bits per heavy atom. The summed E-state index contributed by atoms with van der Waals surface area (Å²) in [7, 11) is 0. The molecule has 0 radical (unpaired) electrons. The number of carbonyl (C=O) groups excluding carboxylic acids is 1. The largest absolute Gasteiger partial charge is 0.480 e. The molecular formula is C14H19N3O4. The summed E-state index contributed by atoms with van der Waals surface area (Å²) in [6.45, 7) is 2.96. The molecule has 1 aromatic rings. The zero-order chi connectivity index (χ0) is 15.6. The Hall–Kier alpha value is -2.18. The first kappa shape index (κ1) is 15.2. The molecule has 21 heavy (non-hydrogen) atoms. The van der Waals surface area contributed by atoms with E-state index >= 15 is 0 Å². The van der Waals surface area contributed by atoms with Crippen LogP contribution in [0.25, 0.3) is 0 Å². The Kier molecular flexibility index (Phi) is 4.40. The minimum absolute atomic E-state index is 0.00403. The third-order valence-electron chi connectivity index (χ3n) is 4.02. The number of hydrogen-bond acceptors (Lipinski definition) is 4. The number of carbonyl (C=O) groups is 2. The second-order valence-electron chi connectivity index (χ2n) is 5.40. The van der Waals surface area contributed by atoms with Crippen LogP contribution in [0.2, 0.25) is 0 Å². The fraction of sp³-hybridized carbons (Fsp3) is 0.571. The summed E-state index contributed by atoms with van der Waals surface area (Å²) in [6.07, 6.45) is 3.50. The SMILES string of the molecule is Cc1n[nH]c(=O)c(C(=O)N(CC(=O)O)C2CCCC2)c1C. The maximum Gasteiger partial charge on any atom is 0.323 e. The molecule has 7 heteroatoms. The molecule has 0 unspecified atom stereocenters. The van der Waals surface area contributed by atoms with Crippen LogP contribution < -0.4 is 5.56 Å². The van der Waals surface area contributed by atoms with Gasteiger partial charge >= 0.3 is 5.97 Å². The first-order valence-electron chi connectivity index (χ1n) is 7.00. The average Bonchev–Trinajstić information content (AvgIpc) is 2.94. The fourth-order valence-electron chi connectivity index (χ4n) is 2.76. The van der Waals surface area contributed by atoms with E-state index in [2.05, 4.69) is 10.2 Å². The highest BCUT2D eigenvalue weighted by atomic mass is 16.4. The van der Waals surface area contributed by atoms with E-state index < -0.39 is 17.4 Å². The first-order chi connectivity index (χ1) is 9.91. The van der Waals surface area contributed by atoms with Crippen LogP contribution in [0.15, 0.2) is 4.79 Å². The number of aromatic nitrogens is 2. The maximum absolute atomic E-state index is 12.7. The number of nitrogens with one attached hydrogen (secondary N) is 1. The normalized spacial score (nSPS) is 15.1. The Morgan fingerprint density at radius 3 is 2.52 bits per heavy atom. The second kappa shape index (κ2) is 6.07. The van der Waals surface area contributed by atoms with Crippen molar-refractivity contribution in [1.29, 1.82) is 0 Å². The van der Waals surface area contributed by atoms with Crippen LogP contribution in [0.4, 0.5) is 0 Å².